The molecule has 0 N–H and O–H groups in total. The number of sulfone groups is 1. The first kappa shape index (κ1) is 17.3. The number of carbonyl (C=O) groups excluding carboxylic acids is 1. The van der Waals surface area contributed by atoms with Crippen LogP contribution in [0.1, 0.15) is 16.1 Å². The van der Waals surface area contributed by atoms with Crippen LogP contribution in [0.15, 0.2) is 64.9 Å². The fourth-order valence-electron chi connectivity index (χ4n) is 2.42. The van der Waals surface area contributed by atoms with E-state index in [1.165, 1.54) is 28.4 Å². The highest BCUT2D eigenvalue weighted by Gasteiger charge is 2.26. The lowest BCUT2D eigenvalue weighted by molar-refractivity contribution is 0.0996. The second-order valence-electron chi connectivity index (χ2n) is 5.52. The summed E-state index contributed by atoms with van der Waals surface area (Å²) in [6, 6.07) is 15.3. The van der Waals surface area contributed by atoms with Crippen molar-refractivity contribution in [3.63, 3.8) is 0 Å². The maximum absolute atomic E-state index is 13.3. The van der Waals surface area contributed by atoms with Gasteiger partial charge in [-0.25, -0.2) is 13.4 Å². The summed E-state index contributed by atoms with van der Waals surface area (Å²) in [4.78, 5) is 19.1. The highest BCUT2D eigenvalue weighted by Crippen LogP contribution is 2.31. The molecule has 0 radical (unpaired) electrons. The van der Waals surface area contributed by atoms with Crippen molar-refractivity contribution in [1.29, 1.82) is 0 Å². The minimum absolute atomic E-state index is 0.00853. The zero-order valence-electron chi connectivity index (χ0n) is 13.7. The number of aromatic nitrogens is 1. The Balaban J connectivity index is 2.17. The number of hydrogen-bond acceptors (Lipinski definition) is 5. The number of rotatable bonds is 4. The molecule has 0 atom stereocenters. The Morgan fingerprint density at radius 2 is 1.68 bits per heavy atom. The number of anilines is 2. The van der Waals surface area contributed by atoms with Gasteiger partial charge in [0.2, 0.25) is 0 Å². The Hall–Kier alpha value is -2.51. The third-order valence-electron chi connectivity index (χ3n) is 3.53. The molecule has 0 aliphatic carbocycles. The SMILES string of the molecule is Cc1csc(N(C(=O)c2ccccc2S(C)(=O)=O)c2ccccc2)n1. The molecule has 3 rings (SSSR count). The molecule has 3 aromatic rings. The smallest absolute Gasteiger partial charge is 0.265 e. The van der Waals surface area contributed by atoms with Gasteiger partial charge in [-0.3, -0.25) is 9.69 Å². The molecule has 0 bridgehead atoms. The quantitative estimate of drug-likeness (QED) is 0.698. The van der Waals surface area contributed by atoms with Crippen LogP contribution in [0.2, 0.25) is 0 Å². The summed E-state index contributed by atoms with van der Waals surface area (Å²) in [5, 5.41) is 2.35. The molecule has 0 aliphatic heterocycles. The van der Waals surface area contributed by atoms with Crippen molar-refractivity contribution in [1.82, 2.24) is 4.98 Å². The molecule has 0 fully saturated rings. The summed E-state index contributed by atoms with van der Waals surface area (Å²) in [6.07, 6.45) is 1.10. The summed E-state index contributed by atoms with van der Waals surface area (Å²) in [5.41, 5.74) is 1.55. The van der Waals surface area contributed by atoms with Crippen molar-refractivity contribution in [2.75, 3.05) is 11.2 Å². The molecule has 5 nitrogen and oxygen atoms in total. The van der Waals surface area contributed by atoms with Gasteiger partial charge in [0.25, 0.3) is 5.91 Å². The summed E-state index contributed by atoms with van der Waals surface area (Å²) < 4.78 is 24.1. The predicted molar refractivity (Wildman–Crippen MR) is 99.3 cm³/mol. The highest BCUT2D eigenvalue weighted by molar-refractivity contribution is 7.90. The molecule has 1 amide bonds. The van der Waals surface area contributed by atoms with Gasteiger partial charge in [0.1, 0.15) is 0 Å². The Morgan fingerprint density at radius 3 is 2.28 bits per heavy atom. The number of thiazole rings is 1. The number of para-hydroxylation sites is 1. The summed E-state index contributed by atoms with van der Waals surface area (Å²) >= 11 is 1.33. The Labute approximate surface area is 150 Å². The zero-order chi connectivity index (χ0) is 18.0. The molecule has 7 heteroatoms. The molecular formula is C18H16N2O3S2. The van der Waals surface area contributed by atoms with Gasteiger partial charge in [-0.15, -0.1) is 11.3 Å². The molecule has 0 spiro atoms. The van der Waals surface area contributed by atoms with Crippen LogP contribution in [0.4, 0.5) is 10.8 Å². The van der Waals surface area contributed by atoms with Gasteiger partial charge in [-0.05, 0) is 31.2 Å². The van der Waals surface area contributed by atoms with E-state index < -0.39 is 15.7 Å². The highest BCUT2D eigenvalue weighted by atomic mass is 32.2. The van der Waals surface area contributed by atoms with Crippen LogP contribution in [0.5, 0.6) is 0 Å². The van der Waals surface area contributed by atoms with Crippen molar-refractivity contribution in [3.8, 4) is 0 Å². The lowest BCUT2D eigenvalue weighted by atomic mass is 10.2. The Kier molecular flexibility index (Phi) is 4.69. The predicted octanol–water partition coefficient (Wildman–Crippen LogP) is 3.83. The average Bonchev–Trinajstić information content (AvgIpc) is 3.01. The van der Waals surface area contributed by atoms with E-state index in [0.717, 1.165) is 11.9 Å². The molecule has 1 heterocycles. The molecule has 1 aromatic heterocycles. The van der Waals surface area contributed by atoms with Gasteiger partial charge in [-0.1, -0.05) is 30.3 Å². The van der Waals surface area contributed by atoms with Gasteiger partial charge < -0.3 is 0 Å². The van der Waals surface area contributed by atoms with Crippen LogP contribution < -0.4 is 4.90 Å². The van der Waals surface area contributed by atoms with Gasteiger partial charge in [-0.2, -0.15) is 0 Å². The zero-order valence-corrected chi connectivity index (χ0v) is 15.3. The molecule has 25 heavy (non-hydrogen) atoms. The molecule has 0 unspecified atom stereocenters. The van der Waals surface area contributed by atoms with Crippen LogP contribution in [0.25, 0.3) is 0 Å². The molecule has 0 aliphatic rings. The van der Waals surface area contributed by atoms with Gasteiger partial charge >= 0.3 is 0 Å². The summed E-state index contributed by atoms with van der Waals surface area (Å²) in [5.74, 6) is -0.429. The van der Waals surface area contributed by atoms with E-state index >= 15 is 0 Å². The molecule has 128 valence electrons. The van der Waals surface area contributed by atoms with E-state index in [-0.39, 0.29) is 10.5 Å². The third-order valence-corrected chi connectivity index (χ3v) is 5.63. The summed E-state index contributed by atoms with van der Waals surface area (Å²) in [7, 11) is -3.54. The first-order chi connectivity index (χ1) is 11.9. The van der Waals surface area contributed by atoms with E-state index in [1.807, 2.05) is 30.5 Å². The second-order valence-corrected chi connectivity index (χ2v) is 8.34. The van der Waals surface area contributed by atoms with Crippen molar-refractivity contribution in [2.45, 2.75) is 11.8 Å². The van der Waals surface area contributed by atoms with Crippen LogP contribution in [-0.4, -0.2) is 25.6 Å². The Morgan fingerprint density at radius 1 is 1.04 bits per heavy atom. The van der Waals surface area contributed by atoms with Crippen molar-refractivity contribution in [2.24, 2.45) is 0 Å². The molecule has 2 aromatic carbocycles. The van der Waals surface area contributed by atoms with Crippen LogP contribution >= 0.6 is 11.3 Å². The number of aryl methyl sites for hydroxylation is 1. The largest absolute Gasteiger partial charge is 0.268 e. The van der Waals surface area contributed by atoms with Gasteiger partial charge in [0, 0.05) is 11.6 Å². The fourth-order valence-corrected chi connectivity index (χ4v) is 4.12. The maximum atomic E-state index is 13.3. The monoisotopic (exact) mass is 372 g/mol. The number of nitrogens with zero attached hydrogens (tertiary/aromatic N) is 2. The Bertz CT molecular complexity index is 1010. The van der Waals surface area contributed by atoms with Crippen LogP contribution in [0, 0.1) is 6.92 Å². The van der Waals surface area contributed by atoms with E-state index in [9.17, 15) is 13.2 Å². The van der Waals surface area contributed by atoms with Crippen molar-refractivity contribution in [3.05, 3.63) is 71.2 Å². The first-order valence-electron chi connectivity index (χ1n) is 7.48. The van der Waals surface area contributed by atoms with Gasteiger partial charge in [0.15, 0.2) is 15.0 Å². The standard InChI is InChI=1S/C18H16N2O3S2/c1-13-12-24-18(19-13)20(14-8-4-3-5-9-14)17(21)15-10-6-7-11-16(15)25(2,22)23/h3-12H,1-2H3. The molecule has 0 saturated heterocycles. The fraction of sp³-hybridized carbons (Fsp3) is 0.111. The van der Waals surface area contributed by atoms with E-state index in [2.05, 4.69) is 4.98 Å². The molecular weight excluding hydrogens is 356 g/mol. The third kappa shape index (κ3) is 3.62. The number of amides is 1. The van der Waals surface area contributed by atoms with E-state index in [4.69, 9.17) is 0 Å². The summed E-state index contributed by atoms with van der Waals surface area (Å²) in [6.45, 7) is 1.85. The molecule has 0 saturated carbocycles. The van der Waals surface area contributed by atoms with Crippen LogP contribution in [-0.2, 0) is 9.84 Å². The van der Waals surface area contributed by atoms with Crippen LogP contribution in [0.3, 0.4) is 0 Å². The van der Waals surface area contributed by atoms with Crippen molar-refractivity contribution < 1.29 is 13.2 Å². The minimum Gasteiger partial charge on any atom is -0.268 e. The average molecular weight is 372 g/mol. The number of benzene rings is 2. The lowest BCUT2D eigenvalue weighted by Crippen LogP contribution is -2.27. The van der Waals surface area contributed by atoms with E-state index in [0.29, 0.717) is 10.8 Å². The van der Waals surface area contributed by atoms with Crippen molar-refractivity contribution >= 4 is 37.9 Å². The normalized spacial score (nSPS) is 11.3. The lowest BCUT2D eigenvalue weighted by Gasteiger charge is -2.21. The topological polar surface area (TPSA) is 67.3 Å². The maximum Gasteiger partial charge on any atom is 0.265 e. The number of carbonyl (C=O) groups is 1. The van der Waals surface area contributed by atoms with Gasteiger partial charge in [0.05, 0.1) is 21.8 Å². The first-order valence-corrected chi connectivity index (χ1v) is 10.3. The minimum atomic E-state index is -3.54. The second kappa shape index (κ2) is 6.78. The number of hydrogen-bond donors (Lipinski definition) is 0. The van der Waals surface area contributed by atoms with E-state index in [1.54, 1.807) is 24.3 Å².